The van der Waals surface area contributed by atoms with Gasteiger partial charge in [-0.1, -0.05) is 6.07 Å². The van der Waals surface area contributed by atoms with Crippen LogP contribution in [0.25, 0.3) is 0 Å². The van der Waals surface area contributed by atoms with E-state index in [1.807, 2.05) is 6.92 Å². The van der Waals surface area contributed by atoms with E-state index in [1.54, 1.807) is 17.0 Å². The molecule has 0 aliphatic carbocycles. The smallest absolute Gasteiger partial charge is 0.227 e. The lowest BCUT2D eigenvalue weighted by Crippen LogP contribution is -2.29. The van der Waals surface area contributed by atoms with Crippen LogP contribution < -0.4 is 4.74 Å². The highest BCUT2D eigenvalue weighted by Gasteiger charge is 2.19. The number of carbonyl (C=O) groups excluding carboxylic acids is 1. The van der Waals surface area contributed by atoms with Crippen LogP contribution in [0, 0.1) is 5.82 Å². The summed E-state index contributed by atoms with van der Waals surface area (Å²) in [5.74, 6) is 0.149. The fourth-order valence-electron chi connectivity index (χ4n) is 2.17. The van der Waals surface area contributed by atoms with E-state index < -0.39 is 0 Å². The number of carbonyl (C=O) groups is 1. The molecule has 2 rings (SSSR count). The van der Waals surface area contributed by atoms with Gasteiger partial charge in [-0.3, -0.25) is 4.79 Å². The number of ether oxygens (including phenoxy) is 1. The first-order valence-electron chi connectivity index (χ1n) is 6.39. The first-order chi connectivity index (χ1) is 8.70. The van der Waals surface area contributed by atoms with Crippen molar-refractivity contribution in [1.82, 2.24) is 4.90 Å². The van der Waals surface area contributed by atoms with Crippen LogP contribution in [0.3, 0.4) is 0 Å². The van der Waals surface area contributed by atoms with Gasteiger partial charge in [0.05, 0.1) is 13.0 Å². The van der Waals surface area contributed by atoms with Crippen LogP contribution in [-0.2, 0) is 11.2 Å². The van der Waals surface area contributed by atoms with Crippen molar-refractivity contribution in [2.75, 3.05) is 19.7 Å². The van der Waals surface area contributed by atoms with Crippen molar-refractivity contribution in [3.63, 3.8) is 0 Å². The molecule has 4 heteroatoms. The number of nitrogens with zero attached hydrogens (tertiary/aromatic N) is 1. The van der Waals surface area contributed by atoms with Crippen molar-refractivity contribution >= 4 is 5.91 Å². The van der Waals surface area contributed by atoms with E-state index in [-0.39, 0.29) is 18.1 Å². The normalized spacial score (nSPS) is 14.9. The van der Waals surface area contributed by atoms with Crippen LogP contribution in [0.4, 0.5) is 4.39 Å². The molecule has 1 heterocycles. The summed E-state index contributed by atoms with van der Waals surface area (Å²) in [6, 6.07) is 4.68. The number of likely N-dealkylation sites (tertiary alicyclic amines) is 1. The molecule has 18 heavy (non-hydrogen) atoms. The first kappa shape index (κ1) is 12.9. The second kappa shape index (κ2) is 5.85. The summed E-state index contributed by atoms with van der Waals surface area (Å²) >= 11 is 0. The average molecular weight is 251 g/mol. The van der Waals surface area contributed by atoms with E-state index in [9.17, 15) is 9.18 Å². The Hall–Kier alpha value is -1.58. The standard InChI is InChI=1S/C14H18FNO2/c1-2-18-12-6-5-11(13(15)10-12)9-14(17)16-7-3-4-8-16/h5-6,10H,2-4,7-9H2,1H3. The Bertz CT molecular complexity index is 428. The minimum absolute atomic E-state index is 0.00978. The molecule has 1 aromatic rings. The van der Waals surface area contributed by atoms with Crippen molar-refractivity contribution in [3.05, 3.63) is 29.6 Å². The van der Waals surface area contributed by atoms with Gasteiger partial charge in [-0.15, -0.1) is 0 Å². The molecule has 1 amide bonds. The van der Waals surface area contributed by atoms with Crippen LogP contribution >= 0.6 is 0 Å². The van der Waals surface area contributed by atoms with E-state index >= 15 is 0 Å². The Kier molecular flexibility index (Phi) is 4.18. The lowest BCUT2D eigenvalue weighted by molar-refractivity contribution is -0.129. The van der Waals surface area contributed by atoms with Gasteiger partial charge in [0.2, 0.25) is 5.91 Å². The molecule has 0 radical (unpaired) electrons. The Labute approximate surface area is 107 Å². The van der Waals surface area contributed by atoms with Gasteiger partial charge in [-0.2, -0.15) is 0 Å². The number of benzene rings is 1. The molecular formula is C14H18FNO2. The third kappa shape index (κ3) is 3.00. The molecule has 1 saturated heterocycles. The summed E-state index contributed by atoms with van der Waals surface area (Å²) in [5.41, 5.74) is 0.440. The molecule has 1 aromatic carbocycles. The number of amides is 1. The zero-order valence-electron chi connectivity index (χ0n) is 10.6. The van der Waals surface area contributed by atoms with Crippen molar-refractivity contribution < 1.29 is 13.9 Å². The summed E-state index contributed by atoms with van der Waals surface area (Å²) in [5, 5.41) is 0. The molecule has 0 unspecified atom stereocenters. The summed E-state index contributed by atoms with van der Waals surface area (Å²) < 4.78 is 19.0. The third-order valence-electron chi connectivity index (χ3n) is 3.14. The number of hydrogen-bond donors (Lipinski definition) is 0. The summed E-state index contributed by atoms with van der Waals surface area (Å²) in [7, 11) is 0. The molecule has 0 saturated carbocycles. The molecule has 0 N–H and O–H groups in total. The Morgan fingerprint density at radius 2 is 2.11 bits per heavy atom. The summed E-state index contributed by atoms with van der Waals surface area (Å²) in [6.45, 7) is 3.96. The highest BCUT2D eigenvalue weighted by atomic mass is 19.1. The monoisotopic (exact) mass is 251 g/mol. The van der Waals surface area contributed by atoms with Gasteiger partial charge >= 0.3 is 0 Å². The Morgan fingerprint density at radius 1 is 1.39 bits per heavy atom. The van der Waals surface area contributed by atoms with Crippen LogP contribution in [0.5, 0.6) is 5.75 Å². The van der Waals surface area contributed by atoms with Crippen LogP contribution in [0.1, 0.15) is 25.3 Å². The van der Waals surface area contributed by atoms with Gasteiger partial charge in [0.25, 0.3) is 0 Å². The highest BCUT2D eigenvalue weighted by Crippen LogP contribution is 2.18. The van der Waals surface area contributed by atoms with Gasteiger partial charge in [0, 0.05) is 19.2 Å². The lowest BCUT2D eigenvalue weighted by Gasteiger charge is -2.15. The third-order valence-corrected chi connectivity index (χ3v) is 3.14. The van der Waals surface area contributed by atoms with E-state index in [1.165, 1.54) is 6.07 Å². The molecule has 0 spiro atoms. The van der Waals surface area contributed by atoms with Crippen molar-refractivity contribution in [1.29, 1.82) is 0 Å². The fraction of sp³-hybridized carbons (Fsp3) is 0.500. The minimum atomic E-state index is -0.367. The molecule has 98 valence electrons. The zero-order valence-corrected chi connectivity index (χ0v) is 10.6. The van der Waals surface area contributed by atoms with E-state index in [4.69, 9.17) is 4.74 Å². The SMILES string of the molecule is CCOc1ccc(CC(=O)N2CCCC2)c(F)c1. The molecule has 0 bridgehead atoms. The van der Waals surface area contributed by atoms with Gasteiger partial charge in [0.15, 0.2) is 0 Å². The van der Waals surface area contributed by atoms with E-state index in [0.717, 1.165) is 25.9 Å². The second-order valence-corrected chi connectivity index (χ2v) is 4.45. The van der Waals surface area contributed by atoms with Crippen molar-refractivity contribution in [2.45, 2.75) is 26.2 Å². The molecule has 3 nitrogen and oxygen atoms in total. The first-order valence-corrected chi connectivity index (χ1v) is 6.39. The van der Waals surface area contributed by atoms with E-state index in [0.29, 0.717) is 17.9 Å². The molecule has 1 aliphatic heterocycles. The molecular weight excluding hydrogens is 233 g/mol. The van der Waals surface area contributed by atoms with Crippen LogP contribution in [0.2, 0.25) is 0 Å². The quantitative estimate of drug-likeness (QED) is 0.822. The summed E-state index contributed by atoms with van der Waals surface area (Å²) in [6.07, 6.45) is 2.24. The number of hydrogen-bond acceptors (Lipinski definition) is 2. The molecule has 0 atom stereocenters. The predicted octanol–water partition coefficient (Wildman–Crippen LogP) is 2.39. The highest BCUT2D eigenvalue weighted by molar-refractivity contribution is 5.79. The van der Waals surface area contributed by atoms with Gasteiger partial charge in [-0.05, 0) is 31.4 Å². The number of rotatable bonds is 4. The topological polar surface area (TPSA) is 29.5 Å². The molecule has 1 aliphatic rings. The minimum Gasteiger partial charge on any atom is -0.494 e. The second-order valence-electron chi connectivity index (χ2n) is 4.45. The van der Waals surface area contributed by atoms with Crippen LogP contribution in [0.15, 0.2) is 18.2 Å². The van der Waals surface area contributed by atoms with E-state index in [2.05, 4.69) is 0 Å². The van der Waals surface area contributed by atoms with Crippen LogP contribution in [-0.4, -0.2) is 30.5 Å². The predicted molar refractivity (Wildman–Crippen MR) is 67.1 cm³/mol. The van der Waals surface area contributed by atoms with Crippen molar-refractivity contribution in [2.24, 2.45) is 0 Å². The van der Waals surface area contributed by atoms with Gasteiger partial charge in [0.1, 0.15) is 11.6 Å². The average Bonchev–Trinajstić information content (AvgIpc) is 2.86. The maximum Gasteiger partial charge on any atom is 0.227 e. The fourth-order valence-corrected chi connectivity index (χ4v) is 2.17. The van der Waals surface area contributed by atoms with Crippen molar-refractivity contribution in [3.8, 4) is 5.75 Å². The number of halogens is 1. The van der Waals surface area contributed by atoms with Gasteiger partial charge < -0.3 is 9.64 Å². The molecule has 0 aromatic heterocycles. The lowest BCUT2D eigenvalue weighted by atomic mass is 10.1. The molecule has 1 fully saturated rings. The Morgan fingerprint density at radius 3 is 2.72 bits per heavy atom. The maximum absolute atomic E-state index is 13.8. The largest absolute Gasteiger partial charge is 0.494 e. The summed E-state index contributed by atoms with van der Waals surface area (Å²) in [4.78, 5) is 13.7. The zero-order chi connectivity index (χ0) is 13.0. The Balaban J connectivity index is 2.02. The maximum atomic E-state index is 13.8. The van der Waals surface area contributed by atoms with Gasteiger partial charge in [-0.25, -0.2) is 4.39 Å².